The van der Waals surface area contributed by atoms with E-state index < -0.39 is 11.7 Å². The molecule has 2 aromatic rings. The Morgan fingerprint density at radius 2 is 1.73 bits per heavy atom. The Hall–Kier alpha value is -2.74. The molecule has 0 radical (unpaired) electrons. The number of amides is 1. The zero-order chi connectivity index (χ0) is 19.4. The van der Waals surface area contributed by atoms with Gasteiger partial charge in [-0.05, 0) is 56.0 Å². The molecule has 2 rings (SSSR count). The molecule has 0 saturated heterocycles. The van der Waals surface area contributed by atoms with Gasteiger partial charge in [0.1, 0.15) is 11.6 Å². The highest BCUT2D eigenvalue weighted by Crippen LogP contribution is 2.30. The fraction of sp³-hybridized carbons (Fsp3) is 0.333. The molecular formula is C21H22F2N2O. The van der Waals surface area contributed by atoms with Crippen LogP contribution in [0.5, 0.6) is 0 Å². The summed E-state index contributed by atoms with van der Waals surface area (Å²) >= 11 is 0. The van der Waals surface area contributed by atoms with E-state index in [0.717, 1.165) is 0 Å². The van der Waals surface area contributed by atoms with Crippen LogP contribution < -0.4 is 4.90 Å². The number of aromatic nitrogens is 1. The molecule has 136 valence electrons. The van der Waals surface area contributed by atoms with Crippen LogP contribution in [0.1, 0.15) is 46.7 Å². The van der Waals surface area contributed by atoms with Gasteiger partial charge in [0.25, 0.3) is 5.91 Å². The average Bonchev–Trinajstić information content (AvgIpc) is 2.58. The smallest absolute Gasteiger partial charge is 0.263 e. The highest BCUT2D eigenvalue weighted by Gasteiger charge is 2.26. The van der Waals surface area contributed by atoms with Crippen molar-refractivity contribution >= 4 is 11.6 Å². The molecule has 26 heavy (non-hydrogen) atoms. The van der Waals surface area contributed by atoms with Crippen LogP contribution in [0.3, 0.4) is 0 Å². The normalized spacial score (nSPS) is 10.5. The monoisotopic (exact) mass is 356 g/mol. The number of benzene rings is 1. The zero-order valence-electron chi connectivity index (χ0n) is 15.5. The molecule has 0 atom stereocenters. The predicted molar refractivity (Wildman–Crippen MR) is 99.3 cm³/mol. The summed E-state index contributed by atoms with van der Waals surface area (Å²) in [5.74, 6) is 0.880. The molecule has 0 fully saturated rings. The summed E-state index contributed by atoms with van der Waals surface area (Å²) in [5.41, 5.74) is 2.54. The van der Waals surface area contributed by atoms with E-state index in [4.69, 9.17) is 6.42 Å². The minimum Gasteiger partial charge on any atom is -0.296 e. The second kappa shape index (κ2) is 8.09. The van der Waals surface area contributed by atoms with E-state index in [1.807, 2.05) is 13.8 Å². The first-order chi connectivity index (χ1) is 12.3. The molecule has 3 nitrogen and oxygen atoms in total. The predicted octanol–water partition coefficient (Wildman–Crippen LogP) is 4.38. The molecule has 1 amide bonds. The van der Waals surface area contributed by atoms with Gasteiger partial charge in [0.2, 0.25) is 0 Å². The van der Waals surface area contributed by atoms with Crippen molar-refractivity contribution in [3.8, 4) is 12.3 Å². The summed E-state index contributed by atoms with van der Waals surface area (Å²) in [5, 5.41) is 0. The fourth-order valence-corrected chi connectivity index (χ4v) is 3.12. The lowest BCUT2D eigenvalue weighted by molar-refractivity contribution is 0.0984. The van der Waals surface area contributed by atoms with E-state index in [1.54, 1.807) is 13.8 Å². The summed E-state index contributed by atoms with van der Waals surface area (Å²) in [6.45, 7) is 6.94. The number of rotatable bonds is 5. The first-order valence-electron chi connectivity index (χ1n) is 8.54. The van der Waals surface area contributed by atoms with E-state index in [1.165, 1.54) is 23.1 Å². The summed E-state index contributed by atoms with van der Waals surface area (Å²) in [6, 6.07) is 4.00. The molecule has 0 N–H and O–H groups in total. The molecule has 1 heterocycles. The minimum absolute atomic E-state index is 0.0444. The van der Waals surface area contributed by atoms with Gasteiger partial charge in [-0.25, -0.2) is 8.78 Å². The summed E-state index contributed by atoms with van der Waals surface area (Å²) in [6.07, 6.45) is 6.50. The number of hydrogen-bond acceptors (Lipinski definition) is 2. The third-order valence-electron chi connectivity index (χ3n) is 4.25. The van der Waals surface area contributed by atoms with E-state index in [0.29, 0.717) is 41.0 Å². The number of aryl methyl sites for hydroxylation is 4. The number of carbonyl (C=O) groups is 1. The van der Waals surface area contributed by atoms with Crippen LogP contribution in [0.25, 0.3) is 0 Å². The van der Waals surface area contributed by atoms with Gasteiger partial charge >= 0.3 is 0 Å². The number of terminal acetylenes is 1. The Balaban J connectivity index is 2.68. The molecule has 0 aliphatic rings. The topological polar surface area (TPSA) is 33.2 Å². The van der Waals surface area contributed by atoms with Gasteiger partial charge < -0.3 is 0 Å². The molecule has 0 unspecified atom stereocenters. The van der Waals surface area contributed by atoms with Crippen LogP contribution in [0.15, 0.2) is 18.2 Å². The number of nitrogens with zero attached hydrogens (tertiary/aromatic N) is 2. The Morgan fingerprint density at radius 3 is 2.19 bits per heavy atom. The first-order valence-corrected chi connectivity index (χ1v) is 8.54. The number of pyridine rings is 1. The maximum atomic E-state index is 14.5. The highest BCUT2D eigenvalue weighted by atomic mass is 19.1. The molecule has 5 heteroatoms. The lowest BCUT2D eigenvalue weighted by Gasteiger charge is -2.26. The highest BCUT2D eigenvalue weighted by molar-refractivity contribution is 6.08. The molecule has 1 aromatic carbocycles. The largest absolute Gasteiger partial charge is 0.296 e. The molecule has 0 aliphatic carbocycles. The number of hydrogen-bond donors (Lipinski definition) is 0. The SMILES string of the molecule is C#CCN(C(=O)c1c(F)cc(C)nc1C)c1c(CC)cc(F)cc1CC. The Kier molecular flexibility index (Phi) is 6.10. The quantitative estimate of drug-likeness (QED) is 0.745. The average molecular weight is 356 g/mol. The van der Waals surface area contributed by atoms with Crippen molar-refractivity contribution in [2.45, 2.75) is 40.5 Å². The van der Waals surface area contributed by atoms with Gasteiger partial charge in [-0.1, -0.05) is 19.8 Å². The Morgan fingerprint density at radius 1 is 1.15 bits per heavy atom. The van der Waals surface area contributed by atoms with Crippen molar-refractivity contribution < 1.29 is 13.6 Å². The third-order valence-corrected chi connectivity index (χ3v) is 4.25. The van der Waals surface area contributed by atoms with Gasteiger partial charge in [0.05, 0.1) is 23.5 Å². The van der Waals surface area contributed by atoms with E-state index in [-0.39, 0.29) is 17.9 Å². The first kappa shape index (κ1) is 19.6. The molecule has 0 aliphatic heterocycles. The number of halogens is 2. The lowest BCUT2D eigenvalue weighted by Crippen LogP contribution is -2.34. The van der Waals surface area contributed by atoms with Crippen molar-refractivity contribution in [1.82, 2.24) is 4.98 Å². The maximum absolute atomic E-state index is 14.5. The van der Waals surface area contributed by atoms with Crippen LogP contribution in [0, 0.1) is 37.8 Å². The maximum Gasteiger partial charge on any atom is 0.263 e. The van der Waals surface area contributed by atoms with E-state index >= 15 is 0 Å². The molecule has 0 spiro atoms. The third kappa shape index (κ3) is 3.75. The van der Waals surface area contributed by atoms with Crippen LogP contribution in [-0.2, 0) is 12.8 Å². The van der Waals surface area contributed by atoms with Crippen molar-refractivity contribution in [3.05, 3.63) is 57.9 Å². The van der Waals surface area contributed by atoms with Gasteiger partial charge in [-0.2, -0.15) is 0 Å². The summed E-state index contributed by atoms with van der Waals surface area (Å²) in [7, 11) is 0. The van der Waals surface area contributed by atoms with Crippen molar-refractivity contribution in [2.75, 3.05) is 11.4 Å². The summed E-state index contributed by atoms with van der Waals surface area (Å²) < 4.78 is 28.4. The van der Waals surface area contributed by atoms with Gasteiger partial charge in [0, 0.05) is 5.69 Å². The molecule has 0 saturated carbocycles. The lowest BCUT2D eigenvalue weighted by atomic mass is 10.00. The number of anilines is 1. The molecule has 0 bridgehead atoms. The Labute approximate surface area is 153 Å². The minimum atomic E-state index is -0.639. The number of carbonyl (C=O) groups excluding carboxylic acids is 1. The van der Waals surface area contributed by atoms with Crippen molar-refractivity contribution in [1.29, 1.82) is 0 Å². The van der Waals surface area contributed by atoms with Crippen LogP contribution in [-0.4, -0.2) is 17.4 Å². The fourth-order valence-electron chi connectivity index (χ4n) is 3.12. The van der Waals surface area contributed by atoms with Gasteiger partial charge in [0.15, 0.2) is 0 Å². The Bertz CT molecular complexity index is 836. The van der Waals surface area contributed by atoms with E-state index in [9.17, 15) is 13.6 Å². The second-order valence-electron chi connectivity index (χ2n) is 6.08. The standard InChI is InChI=1S/C21H22F2N2O/c1-6-9-25(20-15(7-2)11-17(22)12-16(20)8-3)21(26)19-14(5)24-13(4)10-18(19)23/h1,10-12H,7-9H2,2-5H3. The van der Waals surface area contributed by atoms with Crippen LogP contribution in [0.4, 0.5) is 14.5 Å². The zero-order valence-corrected chi connectivity index (χ0v) is 15.5. The van der Waals surface area contributed by atoms with E-state index in [2.05, 4.69) is 10.9 Å². The summed E-state index contributed by atoms with van der Waals surface area (Å²) in [4.78, 5) is 18.7. The second-order valence-corrected chi connectivity index (χ2v) is 6.08. The molecule has 1 aromatic heterocycles. The molecular weight excluding hydrogens is 334 g/mol. The van der Waals surface area contributed by atoms with Crippen LogP contribution in [0.2, 0.25) is 0 Å². The van der Waals surface area contributed by atoms with Crippen molar-refractivity contribution in [2.24, 2.45) is 0 Å². The van der Waals surface area contributed by atoms with Gasteiger partial charge in [-0.3, -0.25) is 14.7 Å². The van der Waals surface area contributed by atoms with Crippen LogP contribution >= 0.6 is 0 Å². The van der Waals surface area contributed by atoms with Crippen molar-refractivity contribution in [3.63, 3.8) is 0 Å². The van der Waals surface area contributed by atoms with Gasteiger partial charge in [-0.15, -0.1) is 6.42 Å².